The molecule has 0 saturated heterocycles. The lowest BCUT2D eigenvalue weighted by atomic mass is 10.1. The van der Waals surface area contributed by atoms with Crippen LogP contribution in [0.25, 0.3) is 0 Å². The molecule has 2 atom stereocenters. The van der Waals surface area contributed by atoms with Crippen LogP contribution in [0.3, 0.4) is 0 Å². The number of phosphoric acid groups is 1. The first kappa shape index (κ1) is 30.0. The Morgan fingerprint density at radius 1 is 0.871 bits per heavy atom. The van der Waals surface area contributed by atoms with Crippen LogP contribution in [0, 0.1) is 0 Å². The second-order valence-corrected chi connectivity index (χ2v) is 10.1. The minimum atomic E-state index is -4.31. The van der Waals surface area contributed by atoms with Crippen LogP contribution < -0.4 is 0 Å². The highest BCUT2D eigenvalue weighted by molar-refractivity contribution is 7.47. The second kappa shape index (κ2) is 16.6. The number of esters is 2. The van der Waals surface area contributed by atoms with Gasteiger partial charge in [0.05, 0.1) is 27.7 Å². The van der Waals surface area contributed by atoms with Gasteiger partial charge < -0.3 is 18.9 Å². The minimum absolute atomic E-state index is 0.0330. The predicted molar refractivity (Wildman–Crippen MR) is 118 cm³/mol. The van der Waals surface area contributed by atoms with Gasteiger partial charge in [-0.2, -0.15) is 0 Å². The molecule has 0 aromatic rings. The number of carbonyl (C=O) groups is 2. The molecule has 0 aliphatic carbocycles. The summed E-state index contributed by atoms with van der Waals surface area (Å²) in [6.07, 6.45) is 6.34. The normalized spacial score (nSPS) is 14.6. The molecule has 0 rings (SSSR count). The number of nitrogens with zero attached hydrogens (tertiary/aromatic N) is 1. The van der Waals surface area contributed by atoms with Crippen molar-refractivity contribution in [3.63, 3.8) is 0 Å². The molecule has 1 unspecified atom stereocenters. The first-order valence-electron chi connectivity index (χ1n) is 11.3. The van der Waals surface area contributed by atoms with Crippen LogP contribution in [0.4, 0.5) is 0 Å². The zero-order valence-corrected chi connectivity index (χ0v) is 20.9. The molecule has 9 nitrogen and oxygen atoms in total. The first-order valence-corrected chi connectivity index (χ1v) is 12.8. The lowest BCUT2D eigenvalue weighted by molar-refractivity contribution is -0.870. The van der Waals surface area contributed by atoms with Gasteiger partial charge in [0, 0.05) is 12.8 Å². The molecule has 0 spiro atoms. The maximum atomic E-state index is 12.1. The average molecular weight is 469 g/mol. The maximum absolute atomic E-state index is 12.1. The third kappa shape index (κ3) is 19.4. The fourth-order valence-corrected chi connectivity index (χ4v) is 3.26. The first-order chi connectivity index (χ1) is 14.5. The summed E-state index contributed by atoms with van der Waals surface area (Å²) in [7, 11) is 1.47. The summed E-state index contributed by atoms with van der Waals surface area (Å²) in [5.74, 6) is -0.875. The van der Waals surface area contributed by atoms with E-state index < -0.39 is 32.5 Å². The Kier molecular flexibility index (Phi) is 16.1. The Morgan fingerprint density at radius 2 is 1.52 bits per heavy atom. The monoisotopic (exact) mass is 468 g/mol. The topological polar surface area (TPSA) is 108 Å². The summed E-state index contributed by atoms with van der Waals surface area (Å²) in [5.41, 5.74) is 0. The van der Waals surface area contributed by atoms with Gasteiger partial charge in [-0.15, -0.1) is 0 Å². The number of hydrogen-bond acceptors (Lipinski definition) is 7. The highest BCUT2D eigenvalue weighted by atomic mass is 31.2. The fourth-order valence-electron chi connectivity index (χ4n) is 2.52. The molecule has 0 radical (unpaired) electrons. The Morgan fingerprint density at radius 3 is 2.13 bits per heavy atom. The van der Waals surface area contributed by atoms with Crippen LogP contribution in [0.1, 0.15) is 71.6 Å². The van der Waals surface area contributed by atoms with E-state index in [-0.39, 0.29) is 26.1 Å². The van der Waals surface area contributed by atoms with Crippen molar-refractivity contribution in [1.29, 1.82) is 0 Å². The van der Waals surface area contributed by atoms with E-state index in [1.165, 1.54) is 6.42 Å². The van der Waals surface area contributed by atoms with Gasteiger partial charge in [0.25, 0.3) is 0 Å². The smallest absolute Gasteiger partial charge is 0.462 e. The molecule has 31 heavy (non-hydrogen) atoms. The molecule has 0 aliphatic rings. The van der Waals surface area contributed by atoms with Crippen molar-refractivity contribution in [2.24, 2.45) is 0 Å². The summed E-state index contributed by atoms with van der Waals surface area (Å²) in [6.45, 7) is 3.90. The lowest BCUT2D eigenvalue weighted by Gasteiger charge is -2.24. The second-order valence-electron chi connectivity index (χ2n) is 8.67. The van der Waals surface area contributed by atoms with Crippen molar-refractivity contribution in [2.75, 3.05) is 47.5 Å². The van der Waals surface area contributed by atoms with Crippen molar-refractivity contribution in [3.8, 4) is 0 Å². The molecule has 0 aliphatic heterocycles. The van der Waals surface area contributed by atoms with Gasteiger partial charge in [-0.25, -0.2) is 4.57 Å². The van der Waals surface area contributed by atoms with E-state index in [1.54, 1.807) is 0 Å². The molecule has 0 fully saturated rings. The molecular weight excluding hydrogens is 425 g/mol. The zero-order valence-electron chi connectivity index (χ0n) is 20.0. The Balaban J connectivity index is 4.55. The maximum Gasteiger partial charge on any atom is 0.472 e. The summed E-state index contributed by atoms with van der Waals surface area (Å²) in [6, 6.07) is 0. The number of phosphoric ester groups is 1. The largest absolute Gasteiger partial charge is 0.472 e. The van der Waals surface area contributed by atoms with Crippen LogP contribution in [-0.4, -0.2) is 74.9 Å². The molecule has 0 aromatic heterocycles. The predicted octanol–water partition coefficient (Wildman–Crippen LogP) is 3.83. The number of quaternary nitrogens is 1. The number of ether oxygens (including phenoxy) is 2. The molecule has 0 bridgehead atoms. The number of carbonyl (C=O) groups excluding carboxylic acids is 2. The highest BCUT2D eigenvalue weighted by Gasteiger charge is 2.26. The van der Waals surface area contributed by atoms with Crippen molar-refractivity contribution >= 4 is 19.8 Å². The van der Waals surface area contributed by atoms with Crippen LogP contribution in [0.15, 0.2) is 0 Å². The van der Waals surface area contributed by atoms with E-state index in [9.17, 15) is 19.0 Å². The van der Waals surface area contributed by atoms with Crippen molar-refractivity contribution < 1.29 is 42.1 Å². The summed E-state index contributed by atoms with van der Waals surface area (Å²) in [4.78, 5) is 33.6. The quantitative estimate of drug-likeness (QED) is 0.132. The van der Waals surface area contributed by atoms with E-state index in [0.717, 1.165) is 25.7 Å². The average Bonchev–Trinajstić information content (AvgIpc) is 2.65. The van der Waals surface area contributed by atoms with E-state index in [2.05, 4.69) is 6.92 Å². The minimum Gasteiger partial charge on any atom is -0.462 e. The van der Waals surface area contributed by atoms with Crippen LogP contribution in [0.2, 0.25) is 0 Å². The van der Waals surface area contributed by atoms with Crippen molar-refractivity contribution in [2.45, 2.75) is 77.7 Å². The number of likely N-dealkylation sites (N-methyl/N-ethyl adjacent to an activating group) is 1. The van der Waals surface area contributed by atoms with Crippen molar-refractivity contribution in [1.82, 2.24) is 0 Å². The van der Waals surface area contributed by atoms with Crippen LogP contribution in [-0.2, 0) is 32.7 Å². The van der Waals surface area contributed by atoms with Crippen LogP contribution >= 0.6 is 7.82 Å². The number of unbranched alkanes of at least 4 members (excludes halogenated alkanes) is 5. The van der Waals surface area contributed by atoms with Gasteiger partial charge in [-0.1, -0.05) is 46.0 Å². The third-order valence-electron chi connectivity index (χ3n) is 4.36. The van der Waals surface area contributed by atoms with E-state index in [1.807, 2.05) is 28.1 Å². The van der Waals surface area contributed by atoms with Gasteiger partial charge in [-0.3, -0.25) is 18.6 Å². The molecular formula is C21H43NO8P+. The molecule has 0 amide bonds. The molecule has 0 heterocycles. The van der Waals surface area contributed by atoms with Gasteiger partial charge in [0.1, 0.15) is 19.8 Å². The highest BCUT2D eigenvalue weighted by Crippen LogP contribution is 2.43. The Bertz CT molecular complexity index is 550. The SMILES string of the molecule is CCCCCCCCC(=O)O[C@@H](COC(=O)CCC)COP(=O)(O)OCC[N+](C)(C)C. The fraction of sp³-hybridized carbons (Fsp3) is 0.905. The Hall–Kier alpha value is -0.990. The van der Waals surface area contributed by atoms with Crippen LogP contribution in [0.5, 0.6) is 0 Å². The van der Waals surface area contributed by atoms with Gasteiger partial charge in [0.15, 0.2) is 6.10 Å². The summed E-state index contributed by atoms with van der Waals surface area (Å²) >= 11 is 0. The number of rotatable bonds is 19. The molecule has 184 valence electrons. The summed E-state index contributed by atoms with van der Waals surface area (Å²) < 4.78 is 33.0. The molecule has 1 N–H and O–H groups in total. The Labute approximate surface area is 187 Å². The van der Waals surface area contributed by atoms with E-state index >= 15 is 0 Å². The molecule has 0 saturated carbocycles. The third-order valence-corrected chi connectivity index (χ3v) is 5.34. The number of hydrogen-bond donors (Lipinski definition) is 1. The summed E-state index contributed by atoms with van der Waals surface area (Å²) in [5, 5.41) is 0. The van der Waals surface area contributed by atoms with Gasteiger partial charge in [-0.05, 0) is 12.8 Å². The van der Waals surface area contributed by atoms with E-state index in [4.69, 9.17) is 18.5 Å². The van der Waals surface area contributed by atoms with Gasteiger partial charge >= 0.3 is 19.8 Å². The lowest BCUT2D eigenvalue weighted by Crippen LogP contribution is -2.37. The molecule has 10 heteroatoms. The van der Waals surface area contributed by atoms with Crippen molar-refractivity contribution in [3.05, 3.63) is 0 Å². The standard InChI is InChI=1S/C21H42NO8P/c1-6-8-9-10-11-12-14-21(24)30-19(17-27-20(23)13-7-2)18-29-31(25,26)28-16-15-22(3,4)5/h19H,6-18H2,1-5H3/p+1/t19-/m0/s1. The van der Waals surface area contributed by atoms with Gasteiger partial charge in [0.2, 0.25) is 0 Å². The van der Waals surface area contributed by atoms with E-state index in [0.29, 0.717) is 23.9 Å². The zero-order chi connectivity index (χ0) is 23.8. The molecule has 0 aromatic carbocycles.